The zero-order valence-corrected chi connectivity index (χ0v) is 11.9. The molecule has 0 saturated carbocycles. The molecule has 6 nitrogen and oxygen atoms in total. The fraction of sp³-hybridized carbons (Fsp3) is 0.571. The number of hydrogen-bond acceptors (Lipinski definition) is 4. The van der Waals surface area contributed by atoms with Crippen molar-refractivity contribution in [1.29, 1.82) is 0 Å². The third-order valence-corrected chi connectivity index (χ3v) is 3.41. The van der Waals surface area contributed by atoms with E-state index in [1.54, 1.807) is 24.8 Å². The molecule has 0 radical (unpaired) electrons. The molecule has 1 saturated heterocycles. The van der Waals surface area contributed by atoms with Crippen LogP contribution in [0.4, 0.5) is 0 Å². The quantitative estimate of drug-likeness (QED) is 0.805. The van der Waals surface area contributed by atoms with E-state index in [0.717, 1.165) is 13.1 Å². The Balaban J connectivity index is 1.99. The summed E-state index contributed by atoms with van der Waals surface area (Å²) in [5, 5.41) is 9.36. The molecule has 20 heavy (non-hydrogen) atoms. The lowest BCUT2D eigenvalue weighted by atomic mass is 10.2. The van der Waals surface area contributed by atoms with Gasteiger partial charge in [-0.1, -0.05) is 0 Å². The summed E-state index contributed by atoms with van der Waals surface area (Å²) in [6, 6.07) is 3.05. The molecule has 0 aromatic carbocycles. The van der Waals surface area contributed by atoms with Crippen LogP contribution in [-0.4, -0.2) is 64.6 Å². The summed E-state index contributed by atoms with van der Waals surface area (Å²) in [7, 11) is 0. The van der Waals surface area contributed by atoms with Crippen molar-refractivity contribution < 1.29 is 9.90 Å². The van der Waals surface area contributed by atoms with E-state index in [0.29, 0.717) is 30.9 Å². The molecule has 1 aromatic heterocycles. The Bertz CT molecular complexity index is 531. The second kappa shape index (κ2) is 6.19. The number of aryl methyl sites for hydroxylation is 1. The van der Waals surface area contributed by atoms with Crippen molar-refractivity contribution in [2.45, 2.75) is 20.0 Å². The number of nitrogens with one attached hydrogen (secondary N) is 1. The summed E-state index contributed by atoms with van der Waals surface area (Å²) in [4.78, 5) is 30.3. The molecule has 1 fully saturated rings. The van der Waals surface area contributed by atoms with E-state index >= 15 is 0 Å². The zero-order chi connectivity index (χ0) is 14.7. The van der Waals surface area contributed by atoms with Gasteiger partial charge in [-0.25, -0.2) is 0 Å². The first-order chi connectivity index (χ1) is 9.45. The number of pyridine rings is 1. The van der Waals surface area contributed by atoms with Gasteiger partial charge in [0.2, 0.25) is 5.56 Å². The maximum absolute atomic E-state index is 12.3. The van der Waals surface area contributed by atoms with Crippen LogP contribution in [0.25, 0.3) is 0 Å². The molecular formula is C14H21N3O3. The fourth-order valence-corrected chi connectivity index (χ4v) is 2.50. The minimum Gasteiger partial charge on any atom is -0.392 e. The Morgan fingerprint density at radius 3 is 2.55 bits per heavy atom. The normalized spacial score (nSPS) is 18.1. The van der Waals surface area contributed by atoms with E-state index in [9.17, 15) is 14.7 Å². The average molecular weight is 279 g/mol. The molecule has 1 aliphatic heterocycles. The molecule has 0 bridgehead atoms. The van der Waals surface area contributed by atoms with E-state index in [-0.39, 0.29) is 17.6 Å². The van der Waals surface area contributed by atoms with E-state index in [2.05, 4.69) is 9.88 Å². The lowest BCUT2D eigenvalue weighted by Gasteiger charge is -2.35. The molecule has 0 unspecified atom stereocenters. The smallest absolute Gasteiger partial charge is 0.254 e. The van der Waals surface area contributed by atoms with Gasteiger partial charge in [-0.2, -0.15) is 0 Å². The number of amides is 1. The van der Waals surface area contributed by atoms with Gasteiger partial charge in [-0.15, -0.1) is 0 Å². The standard InChI is InChI=1S/C14H21N3O3/c1-10-7-12(8-13(19)15-10)14(20)17-5-3-16(4-6-17)9-11(2)18/h7-8,11,18H,3-6,9H2,1-2H3,(H,15,19)/t11-/m0/s1. The highest BCUT2D eigenvalue weighted by Gasteiger charge is 2.22. The zero-order valence-electron chi connectivity index (χ0n) is 11.9. The monoisotopic (exact) mass is 279 g/mol. The predicted molar refractivity (Wildman–Crippen MR) is 75.8 cm³/mol. The molecule has 2 N–H and O–H groups in total. The Hall–Kier alpha value is -1.66. The molecule has 110 valence electrons. The lowest BCUT2D eigenvalue weighted by Crippen LogP contribution is -2.50. The molecular weight excluding hydrogens is 258 g/mol. The van der Waals surface area contributed by atoms with E-state index < -0.39 is 0 Å². The van der Waals surface area contributed by atoms with Gasteiger partial charge >= 0.3 is 0 Å². The number of aromatic amines is 1. The Morgan fingerprint density at radius 2 is 2.00 bits per heavy atom. The molecule has 0 spiro atoms. The van der Waals surface area contributed by atoms with Crippen molar-refractivity contribution in [1.82, 2.24) is 14.8 Å². The topological polar surface area (TPSA) is 76.6 Å². The molecule has 2 rings (SSSR count). The van der Waals surface area contributed by atoms with Crippen LogP contribution in [0.5, 0.6) is 0 Å². The molecule has 1 atom stereocenters. The second-order valence-electron chi connectivity index (χ2n) is 5.36. The molecule has 1 amide bonds. The van der Waals surface area contributed by atoms with Crippen molar-refractivity contribution in [3.8, 4) is 0 Å². The first-order valence-electron chi connectivity index (χ1n) is 6.86. The number of aliphatic hydroxyl groups excluding tert-OH is 1. The van der Waals surface area contributed by atoms with Gasteiger partial charge in [0.05, 0.1) is 6.10 Å². The molecule has 1 aromatic rings. The largest absolute Gasteiger partial charge is 0.392 e. The molecule has 1 aliphatic rings. The van der Waals surface area contributed by atoms with Crippen LogP contribution < -0.4 is 5.56 Å². The third kappa shape index (κ3) is 3.68. The second-order valence-corrected chi connectivity index (χ2v) is 5.36. The fourth-order valence-electron chi connectivity index (χ4n) is 2.50. The highest BCUT2D eigenvalue weighted by molar-refractivity contribution is 5.94. The Morgan fingerprint density at radius 1 is 1.35 bits per heavy atom. The number of rotatable bonds is 3. The van der Waals surface area contributed by atoms with Crippen molar-refractivity contribution in [3.05, 3.63) is 33.7 Å². The number of carbonyl (C=O) groups excluding carboxylic acids is 1. The van der Waals surface area contributed by atoms with Gasteiger partial charge in [0.1, 0.15) is 0 Å². The summed E-state index contributed by atoms with van der Waals surface area (Å²) in [5.41, 5.74) is 0.880. The molecule has 6 heteroatoms. The van der Waals surface area contributed by atoms with E-state index in [4.69, 9.17) is 0 Å². The number of aromatic nitrogens is 1. The van der Waals surface area contributed by atoms with Crippen molar-refractivity contribution in [2.24, 2.45) is 0 Å². The van der Waals surface area contributed by atoms with Crippen molar-refractivity contribution in [2.75, 3.05) is 32.7 Å². The minimum absolute atomic E-state index is 0.101. The van der Waals surface area contributed by atoms with Crippen LogP contribution in [0.2, 0.25) is 0 Å². The van der Waals surface area contributed by atoms with Gasteiger partial charge in [-0.05, 0) is 19.9 Å². The van der Waals surface area contributed by atoms with E-state index in [1.165, 1.54) is 6.07 Å². The van der Waals surface area contributed by atoms with Crippen LogP contribution in [0.15, 0.2) is 16.9 Å². The van der Waals surface area contributed by atoms with Crippen LogP contribution in [0.3, 0.4) is 0 Å². The third-order valence-electron chi connectivity index (χ3n) is 3.41. The lowest BCUT2D eigenvalue weighted by molar-refractivity contribution is 0.0554. The Kier molecular flexibility index (Phi) is 4.57. The summed E-state index contributed by atoms with van der Waals surface area (Å²) < 4.78 is 0. The average Bonchev–Trinajstić information content (AvgIpc) is 2.37. The van der Waals surface area contributed by atoms with Crippen LogP contribution in [-0.2, 0) is 0 Å². The van der Waals surface area contributed by atoms with Crippen molar-refractivity contribution in [3.63, 3.8) is 0 Å². The Labute approximate surface area is 118 Å². The summed E-state index contributed by atoms with van der Waals surface area (Å²) in [5.74, 6) is -0.101. The maximum atomic E-state index is 12.3. The van der Waals surface area contributed by atoms with Crippen LogP contribution >= 0.6 is 0 Å². The number of hydrogen-bond donors (Lipinski definition) is 2. The first-order valence-corrected chi connectivity index (χ1v) is 6.86. The van der Waals surface area contributed by atoms with Crippen LogP contribution in [0.1, 0.15) is 23.0 Å². The number of nitrogens with zero attached hydrogens (tertiary/aromatic N) is 2. The highest BCUT2D eigenvalue weighted by atomic mass is 16.3. The number of β-amino-alcohol motifs (C(OH)–C–C–N with tert-alkyl or cyclic N) is 1. The number of carbonyl (C=O) groups is 1. The number of piperazine rings is 1. The SMILES string of the molecule is Cc1cc(C(=O)N2CCN(C[C@H](C)O)CC2)cc(=O)[nH]1. The van der Waals surface area contributed by atoms with Gasteiger partial charge in [-0.3, -0.25) is 14.5 Å². The number of aliphatic hydroxyl groups is 1. The van der Waals surface area contributed by atoms with E-state index in [1.807, 2.05) is 0 Å². The van der Waals surface area contributed by atoms with Gasteiger partial charge in [0, 0.05) is 50.0 Å². The maximum Gasteiger partial charge on any atom is 0.254 e. The summed E-state index contributed by atoms with van der Waals surface area (Å²) >= 11 is 0. The first kappa shape index (κ1) is 14.7. The molecule has 2 heterocycles. The predicted octanol–water partition coefficient (Wildman–Crippen LogP) is -0.178. The van der Waals surface area contributed by atoms with Gasteiger partial charge in [0.15, 0.2) is 0 Å². The summed E-state index contributed by atoms with van der Waals surface area (Å²) in [6.45, 7) is 6.90. The van der Waals surface area contributed by atoms with Gasteiger partial charge in [0.25, 0.3) is 5.91 Å². The van der Waals surface area contributed by atoms with Gasteiger partial charge < -0.3 is 15.0 Å². The van der Waals surface area contributed by atoms with Crippen LogP contribution in [0, 0.1) is 6.92 Å². The number of H-pyrrole nitrogens is 1. The highest BCUT2D eigenvalue weighted by Crippen LogP contribution is 2.08. The van der Waals surface area contributed by atoms with Crippen molar-refractivity contribution >= 4 is 5.91 Å². The summed E-state index contributed by atoms with van der Waals surface area (Å²) in [6.07, 6.45) is -0.354. The molecule has 0 aliphatic carbocycles. The minimum atomic E-state index is -0.354.